The Morgan fingerprint density at radius 1 is 1.17 bits per heavy atom. The number of rotatable bonds is 5. The van der Waals surface area contributed by atoms with Crippen LogP contribution in [0.4, 0.5) is 0 Å². The number of phenols is 1. The van der Waals surface area contributed by atoms with Crippen molar-refractivity contribution in [3.63, 3.8) is 0 Å². The molecule has 1 aliphatic heterocycles. The van der Waals surface area contributed by atoms with Crippen molar-refractivity contribution in [2.45, 2.75) is 45.7 Å². The van der Waals surface area contributed by atoms with Crippen LogP contribution < -0.4 is 4.74 Å². The van der Waals surface area contributed by atoms with E-state index in [9.17, 15) is 5.11 Å². The van der Waals surface area contributed by atoms with Crippen LogP contribution >= 0.6 is 0 Å². The Morgan fingerprint density at radius 2 is 2.00 bits per heavy atom. The minimum Gasteiger partial charge on any atom is -0.504 e. The third-order valence-corrected chi connectivity index (χ3v) is 5.12. The molecule has 0 bridgehead atoms. The van der Waals surface area contributed by atoms with Gasteiger partial charge in [0.05, 0.1) is 7.11 Å². The van der Waals surface area contributed by atoms with E-state index in [1.54, 1.807) is 13.2 Å². The van der Waals surface area contributed by atoms with Gasteiger partial charge in [0.25, 0.3) is 0 Å². The van der Waals surface area contributed by atoms with Gasteiger partial charge in [-0.1, -0.05) is 29.8 Å². The first-order valence-electron chi connectivity index (χ1n) is 8.75. The van der Waals surface area contributed by atoms with E-state index < -0.39 is 0 Å². The lowest BCUT2D eigenvalue weighted by molar-refractivity contribution is 0.182. The molecule has 24 heavy (non-hydrogen) atoms. The second-order valence-corrected chi connectivity index (χ2v) is 6.89. The number of methoxy groups -OCH3 is 1. The summed E-state index contributed by atoms with van der Waals surface area (Å²) >= 11 is 0. The first-order valence-corrected chi connectivity index (χ1v) is 8.75. The summed E-state index contributed by atoms with van der Waals surface area (Å²) in [5, 5.41) is 9.70. The van der Waals surface area contributed by atoms with Gasteiger partial charge in [-0.05, 0) is 61.9 Å². The fourth-order valence-corrected chi connectivity index (χ4v) is 3.52. The molecule has 3 rings (SSSR count). The standard InChI is InChI=1S/C21H27NO2/c1-15-4-8-19-14-22(11-10-18(19)12-15)16(2)5-6-17-7-9-20(23)21(13-17)24-3/h4,7-9,12-13,16,23H,5-6,10-11,14H2,1-3H3. The van der Waals surface area contributed by atoms with E-state index in [1.165, 1.54) is 22.3 Å². The third kappa shape index (κ3) is 3.73. The highest BCUT2D eigenvalue weighted by molar-refractivity contribution is 5.41. The van der Waals surface area contributed by atoms with Crippen molar-refractivity contribution in [1.29, 1.82) is 0 Å². The molecule has 2 aromatic carbocycles. The smallest absolute Gasteiger partial charge is 0.160 e. The normalized spacial score (nSPS) is 15.8. The molecule has 0 spiro atoms. The number of aryl methyl sites for hydroxylation is 2. The van der Waals surface area contributed by atoms with Crippen LogP contribution in [0.1, 0.15) is 35.6 Å². The van der Waals surface area contributed by atoms with Gasteiger partial charge in [0.2, 0.25) is 0 Å². The maximum Gasteiger partial charge on any atom is 0.160 e. The average Bonchev–Trinajstić information content (AvgIpc) is 2.60. The molecule has 0 amide bonds. The Hall–Kier alpha value is -2.00. The fraction of sp³-hybridized carbons (Fsp3) is 0.429. The number of phenolic OH excluding ortho intramolecular Hbond substituents is 1. The Kier molecular flexibility index (Phi) is 5.10. The SMILES string of the molecule is COc1cc(CCC(C)N2CCc3cc(C)ccc3C2)ccc1O. The van der Waals surface area contributed by atoms with Crippen LogP contribution in [0.25, 0.3) is 0 Å². The van der Waals surface area contributed by atoms with Crippen LogP contribution in [0.15, 0.2) is 36.4 Å². The summed E-state index contributed by atoms with van der Waals surface area (Å²) in [5.74, 6) is 0.764. The molecule has 1 atom stereocenters. The van der Waals surface area contributed by atoms with Crippen molar-refractivity contribution in [3.8, 4) is 11.5 Å². The molecule has 0 aromatic heterocycles. The zero-order chi connectivity index (χ0) is 17.1. The zero-order valence-corrected chi connectivity index (χ0v) is 14.9. The molecule has 1 aliphatic rings. The molecule has 0 radical (unpaired) electrons. The van der Waals surface area contributed by atoms with Gasteiger partial charge in [-0.15, -0.1) is 0 Å². The molecule has 2 aromatic rings. The number of fused-ring (bicyclic) bond motifs is 1. The van der Waals surface area contributed by atoms with E-state index in [-0.39, 0.29) is 5.75 Å². The molecule has 1 unspecified atom stereocenters. The number of ether oxygens (including phenoxy) is 1. The minimum absolute atomic E-state index is 0.206. The van der Waals surface area contributed by atoms with E-state index >= 15 is 0 Å². The lowest BCUT2D eigenvalue weighted by atomic mass is 9.95. The Balaban J connectivity index is 1.60. The fourth-order valence-electron chi connectivity index (χ4n) is 3.52. The zero-order valence-electron chi connectivity index (χ0n) is 14.9. The molecule has 0 aliphatic carbocycles. The van der Waals surface area contributed by atoms with Gasteiger partial charge in [0.15, 0.2) is 11.5 Å². The van der Waals surface area contributed by atoms with Crippen LogP contribution in [0.3, 0.4) is 0 Å². The Bertz CT molecular complexity index is 711. The summed E-state index contributed by atoms with van der Waals surface area (Å²) in [6.45, 7) is 6.67. The number of aromatic hydroxyl groups is 1. The van der Waals surface area contributed by atoms with Crippen LogP contribution in [0.2, 0.25) is 0 Å². The molecule has 3 nitrogen and oxygen atoms in total. The van der Waals surface area contributed by atoms with Crippen LogP contribution in [0.5, 0.6) is 11.5 Å². The maximum absolute atomic E-state index is 9.70. The van der Waals surface area contributed by atoms with Gasteiger partial charge in [-0.2, -0.15) is 0 Å². The lowest BCUT2D eigenvalue weighted by Crippen LogP contribution is -2.37. The molecule has 0 saturated heterocycles. The minimum atomic E-state index is 0.206. The van der Waals surface area contributed by atoms with Gasteiger partial charge >= 0.3 is 0 Å². The predicted molar refractivity (Wildman–Crippen MR) is 97.7 cm³/mol. The average molecular weight is 325 g/mol. The van der Waals surface area contributed by atoms with E-state index in [4.69, 9.17) is 4.74 Å². The number of benzene rings is 2. The lowest BCUT2D eigenvalue weighted by Gasteiger charge is -2.34. The summed E-state index contributed by atoms with van der Waals surface area (Å²) in [6.07, 6.45) is 3.25. The third-order valence-electron chi connectivity index (χ3n) is 5.12. The van der Waals surface area contributed by atoms with E-state index in [1.807, 2.05) is 12.1 Å². The monoisotopic (exact) mass is 325 g/mol. The van der Waals surface area contributed by atoms with Gasteiger partial charge < -0.3 is 9.84 Å². The number of nitrogens with zero attached hydrogens (tertiary/aromatic N) is 1. The quantitative estimate of drug-likeness (QED) is 0.899. The van der Waals surface area contributed by atoms with Gasteiger partial charge in [-0.25, -0.2) is 0 Å². The molecule has 3 heteroatoms. The first kappa shape index (κ1) is 16.8. The van der Waals surface area contributed by atoms with Crippen LogP contribution in [-0.2, 0) is 19.4 Å². The molecule has 0 fully saturated rings. The van der Waals surface area contributed by atoms with Gasteiger partial charge in [0, 0.05) is 19.1 Å². The van der Waals surface area contributed by atoms with Crippen molar-refractivity contribution in [3.05, 3.63) is 58.7 Å². The predicted octanol–water partition coefficient (Wildman–Crippen LogP) is 4.09. The van der Waals surface area contributed by atoms with Crippen molar-refractivity contribution in [1.82, 2.24) is 4.90 Å². The summed E-state index contributed by atoms with van der Waals surface area (Å²) < 4.78 is 5.20. The summed E-state index contributed by atoms with van der Waals surface area (Å²) in [5.41, 5.74) is 5.56. The summed E-state index contributed by atoms with van der Waals surface area (Å²) in [6, 6.07) is 13.0. The van der Waals surface area contributed by atoms with Crippen LogP contribution in [-0.4, -0.2) is 29.7 Å². The van der Waals surface area contributed by atoms with Crippen molar-refractivity contribution in [2.75, 3.05) is 13.7 Å². The first-order chi connectivity index (χ1) is 11.6. The molecular weight excluding hydrogens is 298 g/mol. The Morgan fingerprint density at radius 3 is 2.79 bits per heavy atom. The topological polar surface area (TPSA) is 32.7 Å². The summed E-state index contributed by atoms with van der Waals surface area (Å²) in [7, 11) is 1.59. The number of hydrogen-bond donors (Lipinski definition) is 1. The second-order valence-electron chi connectivity index (χ2n) is 6.89. The maximum atomic E-state index is 9.70. The highest BCUT2D eigenvalue weighted by atomic mass is 16.5. The van der Waals surface area contributed by atoms with E-state index in [0.29, 0.717) is 11.8 Å². The van der Waals surface area contributed by atoms with Gasteiger partial charge in [0.1, 0.15) is 0 Å². The van der Waals surface area contributed by atoms with E-state index in [2.05, 4.69) is 36.9 Å². The molecule has 1 heterocycles. The highest BCUT2D eigenvalue weighted by Gasteiger charge is 2.20. The molecule has 128 valence electrons. The number of hydrogen-bond acceptors (Lipinski definition) is 3. The molecule has 0 saturated carbocycles. The molecular formula is C21H27NO2. The Labute approximate surface area is 144 Å². The highest BCUT2D eigenvalue weighted by Crippen LogP contribution is 2.28. The summed E-state index contributed by atoms with van der Waals surface area (Å²) in [4.78, 5) is 2.58. The van der Waals surface area contributed by atoms with Crippen molar-refractivity contribution in [2.24, 2.45) is 0 Å². The van der Waals surface area contributed by atoms with E-state index in [0.717, 1.165) is 32.4 Å². The largest absolute Gasteiger partial charge is 0.504 e. The van der Waals surface area contributed by atoms with Gasteiger partial charge in [-0.3, -0.25) is 4.90 Å². The molecule has 1 N–H and O–H groups in total. The van der Waals surface area contributed by atoms with Crippen molar-refractivity contribution < 1.29 is 9.84 Å². The van der Waals surface area contributed by atoms with Crippen LogP contribution in [0, 0.1) is 6.92 Å². The second kappa shape index (κ2) is 7.27. The van der Waals surface area contributed by atoms with Crippen molar-refractivity contribution >= 4 is 0 Å².